The summed E-state index contributed by atoms with van der Waals surface area (Å²) in [5.74, 6) is 0. The monoisotopic (exact) mass is 292 g/mol. The normalized spacial score (nSPS) is 18.8. The molecule has 1 aliphatic heterocycles. The quantitative estimate of drug-likeness (QED) is 0.664. The highest BCUT2D eigenvalue weighted by molar-refractivity contribution is 5.65. The lowest BCUT2D eigenvalue weighted by molar-refractivity contribution is -0.384. The Labute approximate surface area is 125 Å². The van der Waals surface area contributed by atoms with Crippen LogP contribution >= 0.6 is 0 Å². The van der Waals surface area contributed by atoms with Crippen LogP contribution in [-0.4, -0.2) is 23.1 Å². The Balaban J connectivity index is 2.34. The maximum atomic E-state index is 11.4. The summed E-state index contributed by atoms with van der Waals surface area (Å²) in [4.78, 5) is 13.1. The number of hydrogen-bond donors (Lipinski definition) is 1. The molecule has 2 rings (SSSR count). The van der Waals surface area contributed by atoms with Crippen LogP contribution < -0.4 is 4.90 Å². The molecule has 1 fully saturated rings. The molecule has 1 saturated heterocycles. The van der Waals surface area contributed by atoms with E-state index >= 15 is 0 Å². The summed E-state index contributed by atoms with van der Waals surface area (Å²) in [7, 11) is 0. The highest BCUT2D eigenvalue weighted by Crippen LogP contribution is 2.42. The van der Waals surface area contributed by atoms with Gasteiger partial charge in [0.25, 0.3) is 5.69 Å². The third-order valence-corrected chi connectivity index (χ3v) is 4.96. The summed E-state index contributed by atoms with van der Waals surface area (Å²) in [5, 5.41) is 21.0. The lowest BCUT2D eigenvalue weighted by Gasteiger charge is -2.27. The molecular weight excluding hydrogens is 268 g/mol. The van der Waals surface area contributed by atoms with Crippen molar-refractivity contribution in [3.63, 3.8) is 0 Å². The Hall–Kier alpha value is -1.62. The van der Waals surface area contributed by atoms with Crippen molar-refractivity contribution < 1.29 is 10.0 Å². The number of benzene rings is 1. The van der Waals surface area contributed by atoms with Crippen LogP contribution in [0.5, 0.6) is 0 Å². The fourth-order valence-electron chi connectivity index (χ4n) is 3.18. The molecule has 1 heterocycles. The van der Waals surface area contributed by atoms with Gasteiger partial charge in [-0.15, -0.1) is 0 Å². The van der Waals surface area contributed by atoms with Crippen LogP contribution in [0.3, 0.4) is 0 Å². The molecule has 1 atom stereocenters. The summed E-state index contributed by atoms with van der Waals surface area (Å²) in [5.41, 5.74) is 1.63. The molecule has 1 N–H and O–H groups in total. The molecule has 1 aromatic rings. The second-order valence-corrected chi connectivity index (χ2v) is 6.06. The zero-order valence-corrected chi connectivity index (χ0v) is 13.0. The number of nitro benzene ring substituents is 1. The summed E-state index contributed by atoms with van der Waals surface area (Å²) < 4.78 is 0. The van der Waals surface area contributed by atoms with Crippen LogP contribution in [0.2, 0.25) is 0 Å². The first-order chi connectivity index (χ1) is 9.92. The lowest BCUT2D eigenvalue weighted by Crippen LogP contribution is -2.26. The van der Waals surface area contributed by atoms with Gasteiger partial charge in [-0.3, -0.25) is 10.1 Å². The van der Waals surface area contributed by atoms with Crippen molar-refractivity contribution in [3.05, 3.63) is 33.9 Å². The van der Waals surface area contributed by atoms with Crippen LogP contribution in [-0.2, 0) is 0 Å². The first-order valence-electron chi connectivity index (χ1n) is 7.64. The van der Waals surface area contributed by atoms with Crippen molar-refractivity contribution in [2.45, 2.75) is 46.1 Å². The van der Waals surface area contributed by atoms with Gasteiger partial charge in [0, 0.05) is 19.2 Å². The van der Waals surface area contributed by atoms with Gasteiger partial charge in [-0.1, -0.05) is 19.9 Å². The highest BCUT2D eigenvalue weighted by Gasteiger charge is 2.37. The van der Waals surface area contributed by atoms with Gasteiger partial charge < -0.3 is 10.0 Å². The number of aliphatic hydroxyl groups is 1. The number of aliphatic hydroxyl groups excluding tert-OH is 1. The molecular formula is C16H24N2O3. The van der Waals surface area contributed by atoms with E-state index in [1.807, 2.05) is 0 Å². The Morgan fingerprint density at radius 3 is 2.57 bits per heavy atom. The molecule has 5 heteroatoms. The molecule has 21 heavy (non-hydrogen) atoms. The van der Waals surface area contributed by atoms with E-state index in [-0.39, 0.29) is 16.0 Å². The van der Waals surface area contributed by atoms with Crippen molar-refractivity contribution in [1.29, 1.82) is 0 Å². The molecule has 0 amide bonds. The molecule has 0 spiro atoms. The van der Waals surface area contributed by atoms with E-state index in [9.17, 15) is 15.2 Å². The maximum absolute atomic E-state index is 11.4. The smallest absolute Gasteiger partial charge is 0.292 e. The van der Waals surface area contributed by atoms with Gasteiger partial charge in [0.15, 0.2) is 0 Å². The molecule has 0 aromatic heterocycles. The predicted octanol–water partition coefficient (Wildman–Crippen LogP) is 3.66. The van der Waals surface area contributed by atoms with Crippen molar-refractivity contribution in [3.8, 4) is 0 Å². The largest absolute Gasteiger partial charge is 0.389 e. The summed E-state index contributed by atoms with van der Waals surface area (Å²) in [6, 6.07) is 5.06. The summed E-state index contributed by atoms with van der Waals surface area (Å²) in [6.45, 7) is 7.73. The van der Waals surface area contributed by atoms with E-state index in [0.29, 0.717) is 11.3 Å². The number of hydrogen-bond acceptors (Lipinski definition) is 4. The van der Waals surface area contributed by atoms with E-state index in [1.165, 1.54) is 6.07 Å². The second kappa shape index (κ2) is 6.02. The first-order valence-corrected chi connectivity index (χ1v) is 7.64. The number of rotatable bonds is 5. The Morgan fingerprint density at radius 2 is 2.10 bits per heavy atom. The van der Waals surface area contributed by atoms with Gasteiger partial charge in [0.05, 0.1) is 11.0 Å². The molecule has 1 aliphatic rings. The van der Waals surface area contributed by atoms with Gasteiger partial charge in [-0.05, 0) is 43.2 Å². The molecule has 0 aliphatic carbocycles. The molecule has 0 saturated carbocycles. The third-order valence-electron chi connectivity index (χ3n) is 4.96. The van der Waals surface area contributed by atoms with E-state index in [2.05, 4.69) is 18.7 Å². The molecule has 1 unspecified atom stereocenters. The van der Waals surface area contributed by atoms with Gasteiger partial charge >= 0.3 is 0 Å². The fraction of sp³-hybridized carbons (Fsp3) is 0.625. The maximum Gasteiger partial charge on any atom is 0.292 e. The average Bonchev–Trinajstić information content (AvgIpc) is 2.91. The van der Waals surface area contributed by atoms with Gasteiger partial charge in [-0.2, -0.15) is 0 Å². The van der Waals surface area contributed by atoms with E-state index in [0.717, 1.165) is 32.4 Å². The minimum Gasteiger partial charge on any atom is -0.389 e. The predicted molar refractivity (Wildman–Crippen MR) is 83.6 cm³/mol. The van der Waals surface area contributed by atoms with Gasteiger partial charge in [-0.25, -0.2) is 0 Å². The molecule has 116 valence electrons. The topological polar surface area (TPSA) is 66.6 Å². The fourth-order valence-corrected chi connectivity index (χ4v) is 3.18. The van der Waals surface area contributed by atoms with Crippen molar-refractivity contribution in [2.24, 2.45) is 5.41 Å². The zero-order chi connectivity index (χ0) is 15.6. The zero-order valence-electron chi connectivity index (χ0n) is 13.0. The van der Waals surface area contributed by atoms with E-state index in [4.69, 9.17) is 0 Å². The SMILES string of the molecule is CCC1(CC)CCN(c2ccc(C(C)O)cc2[N+](=O)[O-])C1. The van der Waals surface area contributed by atoms with Crippen molar-refractivity contribution in [2.75, 3.05) is 18.0 Å². The van der Waals surface area contributed by atoms with Crippen LogP contribution in [0, 0.1) is 15.5 Å². The van der Waals surface area contributed by atoms with Crippen LogP contribution in [0.15, 0.2) is 18.2 Å². The number of nitrogens with zero attached hydrogens (tertiary/aromatic N) is 2. The highest BCUT2D eigenvalue weighted by atomic mass is 16.6. The summed E-state index contributed by atoms with van der Waals surface area (Å²) in [6.07, 6.45) is 2.58. The summed E-state index contributed by atoms with van der Waals surface area (Å²) >= 11 is 0. The van der Waals surface area contributed by atoms with E-state index in [1.54, 1.807) is 19.1 Å². The minimum absolute atomic E-state index is 0.0939. The molecule has 0 bridgehead atoms. The van der Waals surface area contributed by atoms with Gasteiger partial charge in [0.1, 0.15) is 5.69 Å². The third kappa shape index (κ3) is 3.02. The molecule has 1 aromatic carbocycles. The van der Waals surface area contributed by atoms with Crippen molar-refractivity contribution in [1.82, 2.24) is 0 Å². The lowest BCUT2D eigenvalue weighted by atomic mass is 9.82. The van der Waals surface area contributed by atoms with Gasteiger partial charge in [0.2, 0.25) is 0 Å². The number of anilines is 1. The molecule has 0 radical (unpaired) electrons. The van der Waals surface area contributed by atoms with E-state index < -0.39 is 6.10 Å². The number of nitro groups is 1. The van der Waals surface area contributed by atoms with Crippen LogP contribution in [0.1, 0.15) is 51.7 Å². The van der Waals surface area contributed by atoms with Crippen molar-refractivity contribution >= 4 is 11.4 Å². The Kier molecular flexibility index (Phi) is 4.52. The van der Waals surface area contributed by atoms with Crippen LogP contribution in [0.25, 0.3) is 0 Å². The Bertz CT molecular complexity index is 524. The average molecular weight is 292 g/mol. The van der Waals surface area contributed by atoms with Crippen LogP contribution in [0.4, 0.5) is 11.4 Å². The minimum atomic E-state index is -0.693. The first kappa shape index (κ1) is 15.8. The Morgan fingerprint density at radius 1 is 1.43 bits per heavy atom. The standard InChI is InChI=1S/C16H24N2O3/c1-4-16(5-2)8-9-17(11-16)14-7-6-13(12(3)19)10-15(14)18(20)21/h6-7,10,12,19H,4-5,8-9,11H2,1-3H3. The molecule has 5 nitrogen and oxygen atoms in total. The second-order valence-electron chi connectivity index (χ2n) is 6.06.